The number of fused-ring (bicyclic) bond motifs is 3. The quantitative estimate of drug-likeness (QED) is 0.164. The first-order valence-corrected chi connectivity index (χ1v) is 20.9. The number of Topliss-reactive ketones (excluding diaryl/α,β-unsaturated/α-hetero) is 2. The number of aliphatic carboxylic acids is 1. The molecule has 2 bridgehead atoms. The third kappa shape index (κ3) is 11.4. The molecule has 58 heavy (non-hydrogen) atoms. The summed E-state index contributed by atoms with van der Waals surface area (Å²) < 4.78 is 29.5. The van der Waals surface area contributed by atoms with E-state index in [1.54, 1.807) is 26.8 Å². The van der Waals surface area contributed by atoms with Crippen molar-refractivity contribution in [2.45, 2.75) is 160 Å². The minimum Gasteiger partial charge on any atom is -0.481 e. The Morgan fingerprint density at radius 3 is 2.19 bits per heavy atom. The number of aliphatic hydroxyl groups excluding tert-OH is 2. The van der Waals surface area contributed by atoms with Crippen LogP contribution in [0.15, 0.2) is 23.3 Å². The molecule has 1 saturated carbocycles. The number of aliphatic hydroxyl groups is 3. The molecule has 0 aromatic heterocycles. The number of amides is 1. The van der Waals surface area contributed by atoms with Gasteiger partial charge in [0.15, 0.2) is 5.78 Å². The average molecular weight is 822 g/mol. The fourth-order valence-electron chi connectivity index (χ4n) is 9.43. The highest BCUT2D eigenvalue weighted by Gasteiger charge is 2.56. The standard InChI is InChI=1S/C43H67NO14/c1-23-15-24(2)17-35(55-7)39-36(56-8)19-26(4)43(53,58-39)40(50)41(51)44-14-10-9-11-30(44)42(52)57-38(25(3)18-28-12-13-31(45)34(20-28)54-6)27(5)32(46)22-33(47)29(16-23)21-37(48)49/h16,18,23-24,26-28,30-32,34-36,38-39,45-46,53H,9-15,17,19-22H2,1-8H3,(H,48,49)/b25-18?,29-16+. The number of esters is 1. The van der Waals surface area contributed by atoms with Crippen LogP contribution in [0.2, 0.25) is 0 Å². The lowest BCUT2D eigenvalue weighted by atomic mass is 9.81. The van der Waals surface area contributed by atoms with E-state index < -0.39 is 109 Å². The first-order valence-electron chi connectivity index (χ1n) is 20.9. The maximum absolute atomic E-state index is 14.3. The van der Waals surface area contributed by atoms with Crippen LogP contribution in [0.1, 0.15) is 105 Å². The number of hydrogen-bond acceptors (Lipinski definition) is 13. The van der Waals surface area contributed by atoms with Gasteiger partial charge in [-0.1, -0.05) is 39.8 Å². The van der Waals surface area contributed by atoms with Gasteiger partial charge in [-0.3, -0.25) is 19.2 Å². The minimum absolute atomic E-state index is 0.0446. The average Bonchev–Trinajstić information content (AvgIpc) is 3.18. The van der Waals surface area contributed by atoms with Crippen LogP contribution >= 0.6 is 0 Å². The summed E-state index contributed by atoms with van der Waals surface area (Å²) in [5.74, 6) is -9.61. The molecular weight excluding hydrogens is 754 g/mol. The number of carboxylic acids is 1. The molecular formula is C43H67NO14. The number of allylic oxidation sites excluding steroid dienone is 2. The molecule has 0 radical (unpaired) electrons. The van der Waals surface area contributed by atoms with Crippen molar-refractivity contribution < 1.29 is 68.1 Å². The molecule has 0 aromatic carbocycles. The van der Waals surface area contributed by atoms with Crippen LogP contribution in [0.4, 0.5) is 0 Å². The highest BCUT2D eigenvalue weighted by molar-refractivity contribution is 6.39. The number of hydrogen-bond donors (Lipinski definition) is 4. The molecule has 4 aliphatic rings. The zero-order valence-corrected chi connectivity index (χ0v) is 35.5. The molecule has 1 aliphatic carbocycles. The van der Waals surface area contributed by atoms with Crippen LogP contribution in [0.5, 0.6) is 0 Å². The van der Waals surface area contributed by atoms with Crippen molar-refractivity contribution in [3.05, 3.63) is 23.3 Å². The first-order chi connectivity index (χ1) is 27.3. The van der Waals surface area contributed by atoms with E-state index >= 15 is 0 Å². The molecule has 3 fully saturated rings. The normalized spacial score (nSPS) is 40.5. The number of nitrogens with zero attached hydrogens (tertiary/aromatic N) is 1. The number of ether oxygens (including phenoxy) is 5. The Balaban J connectivity index is 1.79. The molecule has 14 atom stereocenters. The summed E-state index contributed by atoms with van der Waals surface area (Å²) in [6.45, 7) is 8.84. The van der Waals surface area contributed by atoms with Gasteiger partial charge in [0.25, 0.3) is 11.7 Å². The molecule has 15 heteroatoms. The predicted octanol–water partition coefficient (Wildman–Crippen LogP) is 3.54. The molecule has 0 spiro atoms. The second-order valence-electron chi connectivity index (χ2n) is 17.4. The largest absolute Gasteiger partial charge is 0.481 e. The zero-order valence-electron chi connectivity index (χ0n) is 35.5. The molecule has 328 valence electrons. The van der Waals surface area contributed by atoms with Gasteiger partial charge >= 0.3 is 11.9 Å². The van der Waals surface area contributed by atoms with E-state index in [9.17, 15) is 44.4 Å². The third-order valence-electron chi connectivity index (χ3n) is 12.8. The van der Waals surface area contributed by atoms with Gasteiger partial charge in [0, 0.05) is 51.7 Å². The highest BCUT2D eigenvalue weighted by atomic mass is 16.7. The molecule has 2 saturated heterocycles. The van der Waals surface area contributed by atoms with Gasteiger partial charge in [0.2, 0.25) is 5.79 Å². The lowest BCUT2D eigenvalue weighted by Crippen LogP contribution is -2.64. The fourth-order valence-corrected chi connectivity index (χ4v) is 9.43. The van der Waals surface area contributed by atoms with Crippen molar-refractivity contribution in [2.75, 3.05) is 27.9 Å². The summed E-state index contributed by atoms with van der Waals surface area (Å²) in [5.41, 5.74) is 0.615. The van der Waals surface area contributed by atoms with Gasteiger partial charge in [-0.2, -0.15) is 0 Å². The number of carbonyl (C=O) groups excluding carboxylic acids is 4. The second kappa shape index (κ2) is 21.0. The van der Waals surface area contributed by atoms with Crippen LogP contribution in [-0.4, -0.2) is 137 Å². The van der Waals surface area contributed by atoms with Gasteiger partial charge in [0.1, 0.15) is 18.2 Å². The Morgan fingerprint density at radius 2 is 1.55 bits per heavy atom. The van der Waals surface area contributed by atoms with Crippen LogP contribution in [0.25, 0.3) is 0 Å². The SMILES string of the molecule is COC1CC(C=C(C)C2OC(=O)C3CCCCN3C(=O)C(=O)C3(O)OC(C(OC)CC(C)CC(C)/C=C(\CC(=O)O)C(=O)CC(O)C2C)C(OC)CC3C)CCC1O. The van der Waals surface area contributed by atoms with E-state index in [0.717, 1.165) is 4.90 Å². The number of methoxy groups -OCH3 is 3. The summed E-state index contributed by atoms with van der Waals surface area (Å²) in [6.07, 6.45) is 0.646. The van der Waals surface area contributed by atoms with E-state index in [1.807, 2.05) is 19.9 Å². The van der Waals surface area contributed by atoms with E-state index in [-0.39, 0.29) is 42.7 Å². The summed E-state index contributed by atoms with van der Waals surface area (Å²) in [7, 11) is 4.49. The summed E-state index contributed by atoms with van der Waals surface area (Å²) >= 11 is 0. The van der Waals surface area contributed by atoms with Crippen molar-refractivity contribution in [1.82, 2.24) is 4.90 Å². The third-order valence-corrected chi connectivity index (χ3v) is 12.8. The molecule has 3 aliphatic heterocycles. The molecule has 15 nitrogen and oxygen atoms in total. The summed E-state index contributed by atoms with van der Waals surface area (Å²) in [6, 6.07) is -1.20. The number of rotatable bonds is 7. The van der Waals surface area contributed by atoms with Gasteiger partial charge in [-0.15, -0.1) is 0 Å². The fraction of sp³-hybridized carbons (Fsp3) is 0.791. The number of ketones is 2. The van der Waals surface area contributed by atoms with Crippen LogP contribution in [-0.2, 0) is 47.7 Å². The zero-order chi connectivity index (χ0) is 43.1. The van der Waals surface area contributed by atoms with E-state index in [2.05, 4.69) is 0 Å². The van der Waals surface area contributed by atoms with Gasteiger partial charge < -0.3 is 49.0 Å². The van der Waals surface area contributed by atoms with E-state index in [1.165, 1.54) is 21.3 Å². The maximum Gasteiger partial charge on any atom is 0.329 e. The molecule has 3 heterocycles. The van der Waals surface area contributed by atoms with Gasteiger partial charge in [0.05, 0.1) is 36.9 Å². The minimum atomic E-state index is -2.56. The van der Waals surface area contributed by atoms with E-state index in [4.69, 9.17) is 23.7 Å². The molecule has 0 aromatic rings. The number of carboxylic acid groups (broad SMARTS) is 1. The summed E-state index contributed by atoms with van der Waals surface area (Å²) in [4.78, 5) is 69.6. The van der Waals surface area contributed by atoms with E-state index in [0.29, 0.717) is 50.5 Å². The Labute approximate surface area is 342 Å². The first kappa shape index (κ1) is 47.6. The number of piperidine rings is 1. The van der Waals surface area contributed by atoms with Crippen molar-refractivity contribution in [2.24, 2.45) is 29.6 Å². The lowest BCUT2D eigenvalue weighted by Gasteiger charge is -2.47. The Bertz CT molecular complexity index is 1530. The Morgan fingerprint density at radius 1 is 0.897 bits per heavy atom. The van der Waals surface area contributed by atoms with Crippen molar-refractivity contribution in [1.29, 1.82) is 0 Å². The smallest absolute Gasteiger partial charge is 0.329 e. The van der Waals surface area contributed by atoms with Gasteiger partial charge in [-0.25, -0.2) is 4.79 Å². The highest BCUT2D eigenvalue weighted by Crippen LogP contribution is 2.39. The molecule has 4 rings (SSSR count). The Hall–Kier alpha value is -3.05. The molecule has 14 unspecified atom stereocenters. The Kier molecular flexibility index (Phi) is 17.2. The van der Waals surface area contributed by atoms with Crippen molar-refractivity contribution in [3.63, 3.8) is 0 Å². The van der Waals surface area contributed by atoms with Crippen LogP contribution in [0, 0.1) is 29.6 Å². The maximum atomic E-state index is 14.3. The van der Waals surface area contributed by atoms with Crippen molar-refractivity contribution in [3.8, 4) is 0 Å². The summed E-state index contributed by atoms with van der Waals surface area (Å²) in [5, 5.41) is 43.8. The second-order valence-corrected chi connectivity index (χ2v) is 17.4. The van der Waals surface area contributed by atoms with Crippen LogP contribution in [0.3, 0.4) is 0 Å². The monoisotopic (exact) mass is 821 g/mol. The molecule has 1 amide bonds. The van der Waals surface area contributed by atoms with Crippen LogP contribution < -0.4 is 0 Å². The predicted molar refractivity (Wildman–Crippen MR) is 210 cm³/mol. The number of carbonyl (C=O) groups is 5. The topological polar surface area (TPSA) is 216 Å². The van der Waals surface area contributed by atoms with Gasteiger partial charge in [-0.05, 0) is 88.0 Å². The molecule has 4 N–H and O–H groups in total. The number of cyclic esters (lactones) is 1. The van der Waals surface area contributed by atoms with Crippen molar-refractivity contribution >= 4 is 29.4 Å². The lowest BCUT2D eigenvalue weighted by molar-refractivity contribution is -0.302.